The lowest BCUT2D eigenvalue weighted by atomic mass is 9.92. The molecular formula is C26H31N5O2. The average Bonchev–Trinajstić information content (AvgIpc) is 2.84. The quantitative estimate of drug-likeness (QED) is 0.591. The summed E-state index contributed by atoms with van der Waals surface area (Å²) in [5.41, 5.74) is 10.1. The van der Waals surface area contributed by atoms with Crippen LogP contribution in [0.3, 0.4) is 0 Å². The summed E-state index contributed by atoms with van der Waals surface area (Å²) in [5.74, 6) is 1.09. The molecule has 2 heterocycles. The van der Waals surface area contributed by atoms with Crippen molar-refractivity contribution in [1.82, 2.24) is 14.9 Å². The van der Waals surface area contributed by atoms with E-state index in [9.17, 15) is 4.79 Å². The van der Waals surface area contributed by atoms with E-state index in [1.807, 2.05) is 55.5 Å². The first-order chi connectivity index (χ1) is 16.0. The van der Waals surface area contributed by atoms with Crippen LogP contribution >= 0.6 is 0 Å². The Balaban J connectivity index is 1.76. The number of ether oxygens (including phenoxy) is 1. The number of anilines is 1. The van der Waals surface area contributed by atoms with Crippen LogP contribution in [0.2, 0.25) is 0 Å². The highest BCUT2D eigenvalue weighted by Crippen LogP contribution is 2.37. The second kappa shape index (κ2) is 10.0. The van der Waals surface area contributed by atoms with E-state index in [1.54, 1.807) is 13.2 Å². The highest BCUT2D eigenvalue weighted by molar-refractivity contribution is 5.94. The predicted molar refractivity (Wildman–Crippen MR) is 130 cm³/mol. The van der Waals surface area contributed by atoms with Gasteiger partial charge in [-0.15, -0.1) is 0 Å². The van der Waals surface area contributed by atoms with E-state index in [-0.39, 0.29) is 6.04 Å². The molecular weight excluding hydrogens is 414 g/mol. The zero-order chi connectivity index (χ0) is 23.4. The van der Waals surface area contributed by atoms with Crippen LogP contribution in [0.4, 0.5) is 5.95 Å². The molecule has 7 heteroatoms. The van der Waals surface area contributed by atoms with E-state index in [2.05, 4.69) is 22.0 Å². The smallest absolute Gasteiger partial charge is 0.248 e. The molecule has 0 radical (unpaired) electrons. The molecule has 1 amide bonds. The fourth-order valence-corrected chi connectivity index (χ4v) is 4.41. The van der Waals surface area contributed by atoms with E-state index in [4.69, 9.17) is 15.5 Å². The van der Waals surface area contributed by atoms with Crippen LogP contribution in [0.15, 0.2) is 54.7 Å². The Hall–Kier alpha value is -3.45. The van der Waals surface area contributed by atoms with Crippen molar-refractivity contribution in [3.05, 3.63) is 71.5 Å². The number of nitrogens with two attached hydrogens (primary N) is 1. The largest absolute Gasteiger partial charge is 0.497 e. The number of nitrogens with zero attached hydrogens (tertiary/aromatic N) is 4. The molecule has 0 spiro atoms. The minimum Gasteiger partial charge on any atom is -0.497 e. The minimum absolute atomic E-state index is 0.138. The second-order valence-electron chi connectivity index (χ2n) is 8.64. The fourth-order valence-electron chi connectivity index (χ4n) is 4.41. The SMILES string of the molecule is COc1cccc(CN2CCCC[C@@H]2c2nc(N(C)C)ncc2-c2cccc(C(N)=O)c2)c1. The van der Waals surface area contributed by atoms with Crippen LogP contribution in [-0.2, 0) is 6.54 Å². The number of piperidine rings is 1. The maximum Gasteiger partial charge on any atom is 0.248 e. The van der Waals surface area contributed by atoms with E-state index in [1.165, 1.54) is 5.56 Å². The van der Waals surface area contributed by atoms with Crippen molar-refractivity contribution in [1.29, 1.82) is 0 Å². The van der Waals surface area contributed by atoms with E-state index >= 15 is 0 Å². The zero-order valence-electron chi connectivity index (χ0n) is 19.5. The lowest BCUT2D eigenvalue weighted by Crippen LogP contribution is -2.34. The van der Waals surface area contributed by atoms with Gasteiger partial charge in [-0.1, -0.05) is 30.7 Å². The van der Waals surface area contributed by atoms with Gasteiger partial charge in [-0.25, -0.2) is 9.97 Å². The van der Waals surface area contributed by atoms with Gasteiger partial charge in [-0.3, -0.25) is 9.69 Å². The molecule has 2 aromatic carbocycles. The number of carbonyl (C=O) groups excluding carboxylic acids is 1. The van der Waals surface area contributed by atoms with Gasteiger partial charge < -0.3 is 15.4 Å². The summed E-state index contributed by atoms with van der Waals surface area (Å²) >= 11 is 0. The second-order valence-corrected chi connectivity index (χ2v) is 8.64. The van der Waals surface area contributed by atoms with Gasteiger partial charge in [-0.2, -0.15) is 0 Å². The van der Waals surface area contributed by atoms with Crippen molar-refractivity contribution >= 4 is 11.9 Å². The summed E-state index contributed by atoms with van der Waals surface area (Å²) in [4.78, 5) is 25.8. The number of benzene rings is 2. The maximum absolute atomic E-state index is 11.8. The molecule has 3 aromatic rings. The Kier molecular flexibility index (Phi) is 6.89. The zero-order valence-corrected chi connectivity index (χ0v) is 19.5. The first-order valence-electron chi connectivity index (χ1n) is 11.3. The molecule has 0 unspecified atom stereocenters. The molecule has 1 fully saturated rings. The molecule has 7 nitrogen and oxygen atoms in total. The molecule has 1 aromatic heterocycles. The number of hydrogen-bond acceptors (Lipinski definition) is 6. The summed E-state index contributed by atoms with van der Waals surface area (Å²) < 4.78 is 5.42. The number of likely N-dealkylation sites (tertiary alicyclic amines) is 1. The highest BCUT2D eigenvalue weighted by atomic mass is 16.5. The lowest BCUT2D eigenvalue weighted by molar-refractivity contribution is 0.100. The third-order valence-corrected chi connectivity index (χ3v) is 6.11. The number of aromatic nitrogens is 2. The van der Waals surface area contributed by atoms with Crippen molar-refractivity contribution in [2.75, 3.05) is 32.6 Å². The Morgan fingerprint density at radius 1 is 1.18 bits per heavy atom. The van der Waals surface area contributed by atoms with Gasteiger partial charge in [0.05, 0.1) is 18.8 Å². The third-order valence-electron chi connectivity index (χ3n) is 6.11. The van der Waals surface area contributed by atoms with Crippen LogP contribution in [0, 0.1) is 0 Å². The van der Waals surface area contributed by atoms with Crippen LogP contribution in [0.1, 0.15) is 46.9 Å². The van der Waals surface area contributed by atoms with Crippen molar-refractivity contribution < 1.29 is 9.53 Å². The van der Waals surface area contributed by atoms with Crippen molar-refractivity contribution in [3.63, 3.8) is 0 Å². The Morgan fingerprint density at radius 2 is 2.00 bits per heavy atom. The van der Waals surface area contributed by atoms with E-state index < -0.39 is 5.91 Å². The molecule has 1 aliphatic heterocycles. The molecule has 0 bridgehead atoms. The summed E-state index contributed by atoms with van der Waals surface area (Å²) in [6.07, 6.45) is 5.17. The predicted octanol–water partition coefficient (Wildman–Crippen LogP) is 4.04. The standard InChI is InChI=1S/C26H31N5O2/c1-30(2)26-28-16-22(19-9-7-10-20(15-19)25(27)32)24(29-26)23-12-4-5-13-31(23)17-18-8-6-11-21(14-18)33-3/h6-11,14-16,23H,4-5,12-13,17H2,1-3H3,(H2,27,32)/t23-/m1/s1. The number of carbonyl (C=O) groups is 1. The van der Waals surface area contributed by atoms with Crippen molar-refractivity contribution in [2.45, 2.75) is 31.8 Å². The molecule has 1 saturated heterocycles. The molecule has 1 atom stereocenters. The third kappa shape index (κ3) is 5.14. The van der Waals surface area contributed by atoms with Gasteiger partial charge in [0.1, 0.15) is 5.75 Å². The molecule has 33 heavy (non-hydrogen) atoms. The molecule has 1 aliphatic rings. The average molecular weight is 446 g/mol. The van der Waals surface area contributed by atoms with Gasteiger partial charge in [-0.05, 0) is 54.8 Å². The summed E-state index contributed by atoms with van der Waals surface area (Å²) in [6, 6.07) is 15.8. The van der Waals surface area contributed by atoms with Crippen molar-refractivity contribution in [3.8, 4) is 16.9 Å². The summed E-state index contributed by atoms with van der Waals surface area (Å²) in [6.45, 7) is 1.80. The van der Waals surface area contributed by atoms with Crippen LogP contribution in [0.25, 0.3) is 11.1 Å². The van der Waals surface area contributed by atoms with Gasteiger partial charge >= 0.3 is 0 Å². The van der Waals surface area contributed by atoms with Crippen LogP contribution in [-0.4, -0.2) is 48.5 Å². The Morgan fingerprint density at radius 3 is 2.76 bits per heavy atom. The number of amides is 1. The fraction of sp³-hybridized carbons (Fsp3) is 0.346. The van der Waals surface area contributed by atoms with Gasteiger partial charge in [0.15, 0.2) is 0 Å². The molecule has 0 saturated carbocycles. The number of hydrogen-bond donors (Lipinski definition) is 1. The first-order valence-corrected chi connectivity index (χ1v) is 11.3. The normalized spacial score (nSPS) is 16.4. The maximum atomic E-state index is 11.8. The lowest BCUT2D eigenvalue weighted by Gasteiger charge is -2.36. The number of primary amides is 1. The number of methoxy groups -OCH3 is 1. The number of rotatable bonds is 7. The minimum atomic E-state index is -0.443. The molecule has 172 valence electrons. The Bertz CT molecular complexity index is 1130. The first kappa shape index (κ1) is 22.7. The molecule has 0 aliphatic carbocycles. The summed E-state index contributed by atoms with van der Waals surface area (Å²) in [7, 11) is 5.59. The van der Waals surface area contributed by atoms with E-state index in [0.29, 0.717) is 11.5 Å². The highest BCUT2D eigenvalue weighted by Gasteiger charge is 2.29. The molecule has 2 N–H and O–H groups in total. The topological polar surface area (TPSA) is 84.6 Å². The van der Waals surface area contributed by atoms with Crippen molar-refractivity contribution in [2.24, 2.45) is 5.73 Å². The summed E-state index contributed by atoms with van der Waals surface area (Å²) in [5, 5.41) is 0. The van der Waals surface area contributed by atoms with Crippen LogP contribution < -0.4 is 15.4 Å². The molecule has 4 rings (SSSR count). The van der Waals surface area contributed by atoms with Gasteiger partial charge in [0.2, 0.25) is 11.9 Å². The Labute approximate surface area is 195 Å². The van der Waals surface area contributed by atoms with Gasteiger partial charge in [0, 0.05) is 38.0 Å². The van der Waals surface area contributed by atoms with Gasteiger partial charge in [0.25, 0.3) is 0 Å². The van der Waals surface area contributed by atoms with E-state index in [0.717, 1.165) is 54.9 Å². The van der Waals surface area contributed by atoms with Crippen LogP contribution in [0.5, 0.6) is 5.75 Å². The monoisotopic (exact) mass is 445 g/mol.